The van der Waals surface area contributed by atoms with Gasteiger partial charge in [0.1, 0.15) is 16.8 Å². The molecule has 0 fully saturated rings. The highest BCUT2D eigenvalue weighted by atomic mass is 32.2. The highest BCUT2D eigenvalue weighted by molar-refractivity contribution is 7.79. The van der Waals surface area contributed by atoms with Gasteiger partial charge in [0.2, 0.25) is 0 Å². The molecule has 40 heavy (non-hydrogen) atoms. The number of fused-ring (bicyclic) bond motifs is 1. The Morgan fingerprint density at radius 2 is 1.52 bits per heavy atom. The molecule has 3 aromatic carbocycles. The summed E-state index contributed by atoms with van der Waals surface area (Å²) in [5.41, 5.74) is 5.78. The van der Waals surface area contributed by atoms with Gasteiger partial charge in [-0.1, -0.05) is 92.1 Å². The SMILES string of the molecule is CCCC(c1ccc2nn(-c3ccc(C(C)(C)c4ccccc4O)c(C(C)(C)CC(C)(C)C)c3)nc2c1)S(=O)O. The van der Waals surface area contributed by atoms with Crippen LogP contribution in [0.5, 0.6) is 5.75 Å². The van der Waals surface area contributed by atoms with Crippen LogP contribution in [-0.4, -0.2) is 28.9 Å². The highest BCUT2D eigenvalue weighted by Crippen LogP contribution is 2.45. The Morgan fingerprint density at radius 1 is 0.850 bits per heavy atom. The molecule has 2 unspecified atom stereocenters. The molecule has 0 aliphatic carbocycles. The van der Waals surface area contributed by atoms with Crippen molar-refractivity contribution in [2.75, 3.05) is 0 Å². The average molecular weight is 562 g/mol. The molecule has 0 amide bonds. The zero-order chi connectivity index (χ0) is 29.5. The minimum absolute atomic E-state index is 0.104. The lowest BCUT2D eigenvalue weighted by Crippen LogP contribution is -2.30. The van der Waals surface area contributed by atoms with Gasteiger partial charge >= 0.3 is 0 Å². The molecule has 6 nitrogen and oxygen atoms in total. The fraction of sp³-hybridized carbons (Fsp3) is 0.455. The zero-order valence-corrected chi connectivity index (χ0v) is 25.8. The van der Waals surface area contributed by atoms with E-state index in [-0.39, 0.29) is 16.6 Å². The Hall–Kier alpha value is -3.03. The minimum atomic E-state index is -1.95. The van der Waals surface area contributed by atoms with Crippen LogP contribution in [0.25, 0.3) is 16.7 Å². The summed E-state index contributed by atoms with van der Waals surface area (Å²) in [5, 5.41) is 19.9. The van der Waals surface area contributed by atoms with Gasteiger partial charge in [-0.3, -0.25) is 0 Å². The van der Waals surface area contributed by atoms with Crippen molar-refractivity contribution >= 4 is 22.1 Å². The number of nitrogens with zero attached hydrogens (tertiary/aromatic N) is 3. The van der Waals surface area contributed by atoms with Crippen LogP contribution in [0.1, 0.15) is 102 Å². The molecule has 0 aliphatic heterocycles. The predicted molar refractivity (Wildman–Crippen MR) is 165 cm³/mol. The zero-order valence-electron chi connectivity index (χ0n) is 25.0. The number of aromatic nitrogens is 3. The van der Waals surface area contributed by atoms with Gasteiger partial charge in [0, 0.05) is 11.0 Å². The summed E-state index contributed by atoms with van der Waals surface area (Å²) >= 11 is -1.95. The standard InChI is InChI=1S/C33H43N3O3S/c1-9-12-30(40(38)39)22-15-18-27-28(19-22)35-36(34-27)23-16-17-24(26(20-23)32(5,6)21-31(2,3)4)33(7,8)25-13-10-11-14-29(25)37/h10-11,13-20,30,37H,9,12,21H2,1-8H3,(H,38,39). The average Bonchev–Trinajstić information content (AvgIpc) is 3.29. The largest absolute Gasteiger partial charge is 0.508 e. The number of hydrogen-bond donors (Lipinski definition) is 2. The molecule has 2 atom stereocenters. The predicted octanol–water partition coefficient (Wildman–Crippen LogP) is 8.23. The molecule has 0 bridgehead atoms. The second-order valence-corrected chi connectivity index (χ2v) is 14.4. The third-order valence-electron chi connectivity index (χ3n) is 7.76. The summed E-state index contributed by atoms with van der Waals surface area (Å²) in [4.78, 5) is 1.66. The topological polar surface area (TPSA) is 88.2 Å². The number of phenols is 1. The second kappa shape index (κ2) is 11.1. The van der Waals surface area contributed by atoms with E-state index in [0.29, 0.717) is 11.9 Å². The molecule has 0 aliphatic rings. The number of aromatic hydroxyl groups is 1. The highest BCUT2D eigenvalue weighted by Gasteiger charge is 2.36. The van der Waals surface area contributed by atoms with Crippen molar-refractivity contribution in [2.24, 2.45) is 5.41 Å². The molecule has 1 aromatic heterocycles. The summed E-state index contributed by atoms with van der Waals surface area (Å²) < 4.78 is 21.8. The van der Waals surface area contributed by atoms with E-state index in [2.05, 4.69) is 60.6 Å². The van der Waals surface area contributed by atoms with Crippen molar-refractivity contribution in [3.8, 4) is 11.4 Å². The molecule has 4 aromatic rings. The van der Waals surface area contributed by atoms with E-state index in [1.807, 2.05) is 49.4 Å². The van der Waals surface area contributed by atoms with Crippen LogP contribution in [0.3, 0.4) is 0 Å². The molecular weight excluding hydrogens is 518 g/mol. The lowest BCUT2D eigenvalue weighted by molar-refractivity contribution is 0.281. The maximum Gasteiger partial charge on any atom is 0.160 e. The minimum Gasteiger partial charge on any atom is -0.508 e. The smallest absolute Gasteiger partial charge is 0.160 e. The fourth-order valence-electron chi connectivity index (χ4n) is 6.22. The summed E-state index contributed by atoms with van der Waals surface area (Å²) in [6.07, 6.45) is 2.41. The van der Waals surface area contributed by atoms with Crippen molar-refractivity contribution in [1.29, 1.82) is 0 Å². The maximum atomic E-state index is 12.0. The van der Waals surface area contributed by atoms with Gasteiger partial charge in [-0.15, -0.1) is 10.2 Å². The molecular formula is C33H43N3O3S. The van der Waals surface area contributed by atoms with Crippen molar-refractivity contribution in [1.82, 2.24) is 15.0 Å². The molecule has 214 valence electrons. The first-order valence-electron chi connectivity index (χ1n) is 14.0. The molecule has 0 spiro atoms. The maximum absolute atomic E-state index is 12.0. The molecule has 0 radical (unpaired) electrons. The van der Waals surface area contributed by atoms with E-state index >= 15 is 0 Å². The van der Waals surface area contributed by atoms with Gasteiger partial charge in [-0.25, -0.2) is 4.21 Å². The van der Waals surface area contributed by atoms with Gasteiger partial charge in [0.25, 0.3) is 0 Å². The summed E-state index contributed by atoms with van der Waals surface area (Å²) in [7, 11) is 0. The quantitative estimate of drug-likeness (QED) is 0.201. The number of benzene rings is 3. The third-order valence-corrected chi connectivity index (χ3v) is 8.75. The van der Waals surface area contributed by atoms with E-state index in [1.54, 1.807) is 10.9 Å². The Kier molecular flexibility index (Phi) is 8.30. The van der Waals surface area contributed by atoms with Gasteiger partial charge in [-0.05, 0) is 70.7 Å². The first-order valence-corrected chi connectivity index (χ1v) is 15.2. The number of para-hydroxylation sites is 1. The Bertz CT molecular complexity index is 1530. The van der Waals surface area contributed by atoms with E-state index in [9.17, 15) is 13.9 Å². The monoisotopic (exact) mass is 561 g/mol. The molecule has 0 saturated heterocycles. The third kappa shape index (κ3) is 6.16. The van der Waals surface area contributed by atoms with E-state index in [4.69, 9.17) is 10.2 Å². The van der Waals surface area contributed by atoms with Crippen molar-refractivity contribution in [3.05, 3.63) is 82.9 Å². The van der Waals surface area contributed by atoms with Crippen LogP contribution in [0.15, 0.2) is 60.7 Å². The lowest BCUT2D eigenvalue weighted by atomic mass is 9.66. The van der Waals surface area contributed by atoms with E-state index in [0.717, 1.165) is 40.7 Å². The van der Waals surface area contributed by atoms with Crippen LogP contribution in [0, 0.1) is 5.41 Å². The normalized spacial score (nSPS) is 14.4. The van der Waals surface area contributed by atoms with Gasteiger partial charge in [-0.2, -0.15) is 4.80 Å². The molecule has 4 rings (SSSR count). The molecule has 1 heterocycles. The van der Waals surface area contributed by atoms with Crippen LogP contribution in [-0.2, 0) is 21.9 Å². The lowest BCUT2D eigenvalue weighted by Gasteiger charge is -2.38. The van der Waals surface area contributed by atoms with Crippen LogP contribution < -0.4 is 0 Å². The number of phenolic OH excluding ortho intramolecular Hbond substituents is 1. The first kappa shape index (κ1) is 29.9. The Morgan fingerprint density at radius 3 is 2.15 bits per heavy atom. The summed E-state index contributed by atoms with van der Waals surface area (Å²) in [5.74, 6) is 0.289. The molecule has 2 N–H and O–H groups in total. The molecule has 7 heteroatoms. The van der Waals surface area contributed by atoms with Gasteiger partial charge in [0.15, 0.2) is 11.1 Å². The second-order valence-electron chi connectivity index (χ2n) is 13.3. The molecule has 0 saturated carbocycles. The van der Waals surface area contributed by atoms with Crippen molar-refractivity contribution in [2.45, 2.75) is 90.7 Å². The van der Waals surface area contributed by atoms with E-state index < -0.39 is 21.7 Å². The van der Waals surface area contributed by atoms with Crippen LogP contribution in [0.4, 0.5) is 0 Å². The summed E-state index contributed by atoms with van der Waals surface area (Å²) in [6, 6.07) is 19.6. The Labute approximate surface area is 241 Å². The van der Waals surface area contributed by atoms with Crippen molar-refractivity contribution < 1.29 is 13.9 Å². The van der Waals surface area contributed by atoms with Crippen molar-refractivity contribution in [3.63, 3.8) is 0 Å². The van der Waals surface area contributed by atoms with Crippen LogP contribution in [0.2, 0.25) is 0 Å². The van der Waals surface area contributed by atoms with E-state index in [1.165, 1.54) is 5.56 Å². The van der Waals surface area contributed by atoms with Gasteiger partial charge in [0.05, 0.1) is 10.9 Å². The Balaban J connectivity index is 1.86. The number of hydrogen-bond acceptors (Lipinski definition) is 4. The number of rotatable bonds is 9. The first-order chi connectivity index (χ1) is 18.6. The fourth-order valence-corrected chi connectivity index (χ4v) is 7.04. The van der Waals surface area contributed by atoms with Gasteiger partial charge < -0.3 is 9.66 Å². The van der Waals surface area contributed by atoms with Crippen LogP contribution >= 0.6 is 0 Å². The summed E-state index contributed by atoms with van der Waals surface area (Å²) in [6.45, 7) is 17.7.